The molecule has 94 valence electrons. The third-order valence-electron chi connectivity index (χ3n) is 2.62. The molecule has 0 radical (unpaired) electrons. The predicted molar refractivity (Wildman–Crippen MR) is 73.9 cm³/mol. The molecular formula is C13H15BO3S. The fourth-order valence-electron chi connectivity index (χ4n) is 1.60. The van der Waals surface area contributed by atoms with Gasteiger partial charge in [-0.25, -0.2) is 0 Å². The minimum atomic E-state index is -1.40. The van der Waals surface area contributed by atoms with Crippen LogP contribution in [0.25, 0.3) is 0 Å². The van der Waals surface area contributed by atoms with Crippen molar-refractivity contribution in [1.82, 2.24) is 0 Å². The van der Waals surface area contributed by atoms with Gasteiger partial charge in [-0.2, -0.15) is 0 Å². The normalized spacial score (nSPS) is 10.6. The second-order valence-electron chi connectivity index (χ2n) is 4.00. The van der Waals surface area contributed by atoms with E-state index in [9.17, 15) is 0 Å². The van der Waals surface area contributed by atoms with Crippen LogP contribution in [0.5, 0.6) is 0 Å². The van der Waals surface area contributed by atoms with Crippen molar-refractivity contribution < 1.29 is 14.8 Å². The summed E-state index contributed by atoms with van der Waals surface area (Å²) in [5.74, 6) is 0. The highest BCUT2D eigenvalue weighted by Crippen LogP contribution is 2.09. The Morgan fingerprint density at radius 2 is 1.89 bits per heavy atom. The van der Waals surface area contributed by atoms with Crippen molar-refractivity contribution in [1.29, 1.82) is 0 Å². The summed E-state index contributed by atoms with van der Waals surface area (Å²) in [6.07, 6.45) is 0.936. The lowest BCUT2D eigenvalue weighted by Crippen LogP contribution is -2.29. The first-order valence-corrected chi connectivity index (χ1v) is 6.69. The standard InChI is InChI=1S/C13H15BO3S/c15-14(16)12-5-3-11(4-6-12)10-17-8-7-13-2-1-9-18-13/h1-6,9,15-16H,7-8,10H2. The van der Waals surface area contributed by atoms with Crippen LogP contribution < -0.4 is 5.46 Å². The molecule has 0 saturated heterocycles. The predicted octanol–water partition coefficient (Wildman–Crippen LogP) is 1.19. The van der Waals surface area contributed by atoms with Gasteiger partial charge in [0, 0.05) is 11.3 Å². The molecule has 2 aromatic rings. The van der Waals surface area contributed by atoms with E-state index in [-0.39, 0.29) is 0 Å². The molecule has 0 aliphatic rings. The Balaban J connectivity index is 1.73. The Kier molecular flexibility index (Phi) is 4.95. The molecule has 3 nitrogen and oxygen atoms in total. The molecule has 1 aromatic heterocycles. The molecule has 5 heteroatoms. The van der Waals surface area contributed by atoms with Gasteiger partial charge in [-0.15, -0.1) is 11.3 Å². The summed E-state index contributed by atoms with van der Waals surface area (Å²) in [5, 5.41) is 20.0. The van der Waals surface area contributed by atoms with Crippen LogP contribution in [0.15, 0.2) is 41.8 Å². The molecule has 0 saturated carbocycles. The van der Waals surface area contributed by atoms with Gasteiger partial charge in [0.2, 0.25) is 0 Å². The van der Waals surface area contributed by atoms with Crippen LogP contribution in [-0.4, -0.2) is 23.8 Å². The van der Waals surface area contributed by atoms with Gasteiger partial charge in [0.15, 0.2) is 0 Å². The molecule has 0 atom stereocenters. The Morgan fingerprint density at radius 1 is 1.11 bits per heavy atom. The second-order valence-corrected chi connectivity index (χ2v) is 5.03. The van der Waals surface area contributed by atoms with E-state index in [0.717, 1.165) is 12.0 Å². The van der Waals surface area contributed by atoms with Gasteiger partial charge in [0.1, 0.15) is 0 Å². The average molecular weight is 262 g/mol. The number of hydrogen-bond acceptors (Lipinski definition) is 4. The Bertz CT molecular complexity index is 454. The average Bonchev–Trinajstić information content (AvgIpc) is 2.88. The molecule has 0 aliphatic heterocycles. The summed E-state index contributed by atoms with van der Waals surface area (Å²) in [7, 11) is -1.40. The number of rotatable bonds is 6. The lowest BCUT2D eigenvalue weighted by molar-refractivity contribution is 0.124. The number of hydrogen-bond donors (Lipinski definition) is 2. The molecule has 0 unspecified atom stereocenters. The summed E-state index contributed by atoms with van der Waals surface area (Å²) >= 11 is 1.74. The maximum absolute atomic E-state index is 8.96. The molecule has 2 N–H and O–H groups in total. The van der Waals surface area contributed by atoms with Gasteiger partial charge in [-0.05, 0) is 22.5 Å². The van der Waals surface area contributed by atoms with E-state index in [2.05, 4.69) is 11.4 Å². The Hall–Kier alpha value is -1.14. The molecule has 0 bridgehead atoms. The zero-order valence-electron chi connectivity index (χ0n) is 9.95. The molecular weight excluding hydrogens is 247 g/mol. The number of thiophene rings is 1. The van der Waals surface area contributed by atoms with E-state index >= 15 is 0 Å². The summed E-state index contributed by atoms with van der Waals surface area (Å²) in [6.45, 7) is 1.25. The summed E-state index contributed by atoms with van der Waals surface area (Å²) in [6, 6.07) is 11.2. The smallest absolute Gasteiger partial charge is 0.423 e. The first-order chi connectivity index (χ1) is 8.75. The lowest BCUT2D eigenvalue weighted by Gasteiger charge is -2.05. The van der Waals surface area contributed by atoms with Gasteiger partial charge in [-0.3, -0.25) is 0 Å². The van der Waals surface area contributed by atoms with Gasteiger partial charge < -0.3 is 14.8 Å². The van der Waals surface area contributed by atoms with Crippen LogP contribution in [0.1, 0.15) is 10.4 Å². The van der Waals surface area contributed by atoms with E-state index in [0.29, 0.717) is 18.7 Å². The number of benzene rings is 1. The quantitative estimate of drug-likeness (QED) is 0.607. The van der Waals surface area contributed by atoms with Crippen LogP contribution in [-0.2, 0) is 17.8 Å². The monoisotopic (exact) mass is 262 g/mol. The second kappa shape index (κ2) is 6.71. The molecule has 0 aliphatic carbocycles. The van der Waals surface area contributed by atoms with Crippen molar-refractivity contribution in [2.45, 2.75) is 13.0 Å². The first-order valence-electron chi connectivity index (χ1n) is 5.81. The summed E-state index contributed by atoms with van der Waals surface area (Å²) in [4.78, 5) is 1.33. The van der Waals surface area contributed by atoms with E-state index < -0.39 is 7.12 Å². The van der Waals surface area contributed by atoms with Crippen molar-refractivity contribution in [2.75, 3.05) is 6.61 Å². The van der Waals surface area contributed by atoms with E-state index in [1.165, 1.54) is 4.88 Å². The topological polar surface area (TPSA) is 49.7 Å². The zero-order valence-corrected chi connectivity index (χ0v) is 10.8. The highest BCUT2D eigenvalue weighted by molar-refractivity contribution is 7.09. The first kappa shape index (κ1) is 13.3. The van der Waals surface area contributed by atoms with E-state index in [1.54, 1.807) is 23.5 Å². The largest absolute Gasteiger partial charge is 0.488 e. The Morgan fingerprint density at radius 3 is 2.50 bits per heavy atom. The zero-order chi connectivity index (χ0) is 12.8. The molecule has 1 aromatic carbocycles. The minimum Gasteiger partial charge on any atom is -0.423 e. The van der Waals surface area contributed by atoms with Crippen LogP contribution >= 0.6 is 11.3 Å². The molecule has 0 amide bonds. The molecule has 2 rings (SSSR count). The van der Waals surface area contributed by atoms with Gasteiger partial charge in [0.05, 0.1) is 13.2 Å². The third kappa shape index (κ3) is 3.96. The Labute approximate surface area is 111 Å². The lowest BCUT2D eigenvalue weighted by atomic mass is 9.80. The fraction of sp³-hybridized carbons (Fsp3) is 0.231. The SMILES string of the molecule is OB(O)c1ccc(COCCc2cccs2)cc1. The van der Waals surface area contributed by atoms with E-state index in [1.807, 2.05) is 18.2 Å². The van der Waals surface area contributed by atoms with Gasteiger partial charge >= 0.3 is 7.12 Å². The fourth-order valence-corrected chi connectivity index (χ4v) is 2.29. The van der Waals surface area contributed by atoms with Crippen molar-refractivity contribution >= 4 is 23.9 Å². The molecule has 0 spiro atoms. The van der Waals surface area contributed by atoms with Crippen molar-refractivity contribution in [3.05, 3.63) is 52.2 Å². The summed E-state index contributed by atoms with van der Waals surface area (Å²) < 4.78 is 5.58. The van der Waals surface area contributed by atoms with Crippen molar-refractivity contribution in [3.8, 4) is 0 Å². The van der Waals surface area contributed by atoms with Gasteiger partial charge in [-0.1, -0.05) is 30.3 Å². The number of ether oxygens (including phenoxy) is 1. The third-order valence-corrected chi connectivity index (χ3v) is 3.56. The minimum absolute atomic E-state index is 0.498. The molecule has 18 heavy (non-hydrogen) atoms. The van der Waals surface area contributed by atoms with Crippen LogP contribution in [0, 0.1) is 0 Å². The van der Waals surface area contributed by atoms with Crippen LogP contribution in [0.2, 0.25) is 0 Å². The van der Waals surface area contributed by atoms with Crippen LogP contribution in [0.3, 0.4) is 0 Å². The maximum atomic E-state index is 8.96. The van der Waals surface area contributed by atoms with Crippen molar-refractivity contribution in [2.24, 2.45) is 0 Å². The van der Waals surface area contributed by atoms with Crippen LogP contribution in [0.4, 0.5) is 0 Å². The highest BCUT2D eigenvalue weighted by atomic mass is 32.1. The molecule has 1 heterocycles. The highest BCUT2D eigenvalue weighted by Gasteiger charge is 2.09. The van der Waals surface area contributed by atoms with E-state index in [4.69, 9.17) is 14.8 Å². The maximum Gasteiger partial charge on any atom is 0.488 e. The molecule has 0 fully saturated rings. The summed E-state index contributed by atoms with van der Waals surface area (Å²) in [5.41, 5.74) is 1.53. The van der Waals surface area contributed by atoms with Crippen molar-refractivity contribution in [3.63, 3.8) is 0 Å². The van der Waals surface area contributed by atoms with Gasteiger partial charge in [0.25, 0.3) is 0 Å².